The maximum Gasteiger partial charge on any atom is 0.416 e. The van der Waals surface area contributed by atoms with Gasteiger partial charge in [0.25, 0.3) is 0 Å². The number of aromatic hydroxyl groups is 1. The Hall–Kier alpha value is -5.68. The third-order valence-corrected chi connectivity index (χ3v) is 14.4. The van der Waals surface area contributed by atoms with Crippen LogP contribution in [0.5, 0.6) is 11.5 Å². The van der Waals surface area contributed by atoms with Crippen LogP contribution in [-0.4, -0.2) is 45.6 Å². The molecule has 2 saturated heterocycles. The van der Waals surface area contributed by atoms with E-state index in [2.05, 4.69) is 0 Å². The highest BCUT2D eigenvalue weighted by atomic mass is 35.5. The average Bonchev–Trinajstić information content (AvgIpc) is 3.87. The largest absolute Gasteiger partial charge is 0.508 e. The molecule has 5 aromatic rings. The van der Waals surface area contributed by atoms with E-state index in [-0.39, 0.29) is 41.8 Å². The van der Waals surface area contributed by atoms with Crippen LogP contribution in [0, 0.1) is 36.0 Å². The maximum atomic E-state index is 15.1. The van der Waals surface area contributed by atoms with E-state index in [1.807, 2.05) is 19.1 Å². The molecule has 6 atom stereocenters. The van der Waals surface area contributed by atoms with Crippen molar-refractivity contribution >= 4 is 68.2 Å². The van der Waals surface area contributed by atoms with Gasteiger partial charge in [-0.2, -0.15) is 31.4 Å². The van der Waals surface area contributed by atoms with Crippen LogP contribution < -0.4 is 14.5 Å². The van der Waals surface area contributed by atoms with E-state index in [0.29, 0.717) is 33.3 Å². The number of thiophene rings is 1. The molecule has 9 rings (SSSR count). The molecule has 2 aliphatic heterocycles. The number of allylic oxidation sites excluding steroid dienone is 2. The Balaban J connectivity index is 1.16. The summed E-state index contributed by atoms with van der Waals surface area (Å²) in [7, 11) is 2.97. The fourth-order valence-corrected chi connectivity index (χ4v) is 11.3. The topological polar surface area (TPSA) is 122 Å². The first-order valence-electron chi connectivity index (χ1n) is 19.0. The van der Waals surface area contributed by atoms with Crippen molar-refractivity contribution in [3.8, 4) is 22.1 Å². The first-order chi connectivity index (χ1) is 28.6. The van der Waals surface area contributed by atoms with Crippen LogP contribution in [0.2, 0.25) is 5.02 Å². The molecule has 4 heterocycles. The number of nitrogens with zero attached hydrogens (tertiary/aromatic N) is 4. The Morgan fingerprint density at radius 3 is 2.23 bits per heavy atom. The number of aryl methyl sites for hydroxylation is 2. The molecular formula is C43H33ClF6N4O6S. The van der Waals surface area contributed by atoms with Crippen molar-refractivity contribution < 1.29 is 55.4 Å². The fraction of sp³-hybridized carbons (Fsp3) is 0.326. The molecule has 2 aromatic heterocycles. The highest BCUT2D eigenvalue weighted by Crippen LogP contribution is 2.65. The smallest absolute Gasteiger partial charge is 0.416 e. The average molecular weight is 883 g/mol. The molecular weight excluding hydrogens is 850 g/mol. The summed E-state index contributed by atoms with van der Waals surface area (Å²) in [5.74, 6) is -9.02. The van der Waals surface area contributed by atoms with Crippen molar-refractivity contribution in [2.24, 2.45) is 36.1 Å². The molecule has 0 radical (unpaired) electrons. The molecule has 316 valence electrons. The molecule has 3 fully saturated rings. The summed E-state index contributed by atoms with van der Waals surface area (Å²) in [6.45, 7) is 3.50. The fourth-order valence-electron chi connectivity index (χ4n) is 10.0. The van der Waals surface area contributed by atoms with Crippen molar-refractivity contribution in [3.05, 3.63) is 99.6 Å². The second-order valence-corrected chi connectivity index (χ2v) is 17.6. The van der Waals surface area contributed by atoms with Gasteiger partial charge in [-0.15, -0.1) is 11.3 Å². The number of phenols is 1. The van der Waals surface area contributed by atoms with Gasteiger partial charge in [-0.05, 0) is 98.2 Å². The minimum atomic E-state index is -5.25. The molecule has 4 amide bonds. The molecule has 0 spiro atoms. The predicted molar refractivity (Wildman–Crippen MR) is 212 cm³/mol. The minimum absolute atomic E-state index is 0.0895. The summed E-state index contributed by atoms with van der Waals surface area (Å²) in [6.07, 6.45) is -9.21. The summed E-state index contributed by atoms with van der Waals surface area (Å²) in [4.78, 5) is 60.8. The number of halogens is 7. The molecule has 4 aliphatic rings. The van der Waals surface area contributed by atoms with Crippen LogP contribution >= 0.6 is 22.9 Å². The van der Waals surface area contributed by atoms with Gasteiger partial charge in [0, 0.05) is 34.3 Å². The lowest BCUT2D eigenvalue weighted by Crippen LogP contribution is -2.49. The number of methoxy groups -OCH3 is 1. The number of hydrogen-bond acceptors (Lipinski definition) is 8. The molecule has 3 aromatic carbocycles. The Morgan fingerprint density at radius 1 is 0.885 bits per heavy atom. The molecule has 18 heteroatoms. The van der Waals surface area contributed by atoms with Crippen LogP contribution in [-0.2, 0) is 38.6 Å². The molecule has 0 bridgehead atoms. The number of fused-ring (bicyclic) bond motifs is 5. The van der Waals surface area contributed by atoms with E-state index in [1.54, 1.807) is 32.2 Å². The number of aromatic nitrogens is 2. The summed E-state index contributed by atoms with van der Waals surface area (Å²) in [5, 5.41) is 17.6. The Bertz CT molecular complexity index is 2760. The molecule has 0 unspecified atom stereocenters. The first kappa shape index (κ1) is 40.7. The van der Waals surface area contributed by atoms with Gasteiger partial charge < -0.3 is 9.84 Å². The summed E-state index contributed by atoms with van der Waals surface area (Å²) in [6, 6.07) is 12.0. The summed E-state index contributed by atoms with van der Waals surface area (Å²) in [5.41, 5.74) is -3.96. The summed E-state index contributed by atoms with van der Waals surface area (Å²) >= 11 is 7.73. The van der Waals surface area contributed by atoms with Crippen LogP contribution in [0.3, 0.4) is 0 Å². The number of alkyl halides is 6. The standard InChI is InChI=1S/C43H33ClF6N4O6S/c1-18-26-14-21(44)5-10-32(26)61-36(18)30-17-33(52(3)51-30)54-38(57)29-16-27-24(35(41(29,2)40(54)59)28-15-23(60-4)6-9-31(28)55)7-8-25-34(27)39(58)53(37(25)56)22-12-19(42(45,46)47)11-20(13-22)43(48,49)50/h5-7,9-15,17,25,27,29,34-35,55H,8,16H2,1-4H3/t25-,27+,29-,34-,35+,41+/m0/s1. The Morgan fingerprint density at radius 2 is 1.57 bits per heavy atom. The van der Waals surface area contributed by atoms with Gasteiger partial charge in [0.2, 0.25) is 23.6 Å². The van der Waals surface area contributed by atoms with Crippen molar-refractivity contribution in [3.63, 3.8) is 0 Å². The first-order valence-corrected chi connectivity index (χ1v) is 20.2. The van der Waals surface area contributed by atoms with Gasteiger partial charge >= 0.3 is 12.4 Å². The van der Waals surface area contributed by atoms with E-state index in [1.165, 1.54) is 41.3 Å². The number of benzene rings is 3. The molecule has 10 nitrogen and oxygen atoms in total. The van der Waals surface area contributed by atoms with Gasteiger partial charge in [0.1, 0.15) is 23.0 Å². The van der Waals surface area contributed by atoms with Gasteiger partial charge in [-0.1, -0.05) is 23.3 Å². The van der Waals surface area contributed by atoms with Crippen molar-refractivity contribution in [1.82, 2.24) is 9.78 Å². The van der Waals surface area contributed by atoms with Crippen molar-refractivity contribution in [1.29, 1.82) is 0 Å². The van der Waals surface area contributed by atoms with Crippen LogP contribution in [0.4, 0.5) is 37.8 Å². The number of anilines is 2. The lowest BCUT2D eigenvalue weighted by molar-refractivity contribution is -0.143. The molecule has 2 aliphatic carbocycles. The number of hydrogen-bond donors (Lipinski definition) is 1. The van der Waals surface area contributed by atoms with Gasteiger partial charge in [-0.3, -0.25) is 23.9 Å². The third-order valence-electron chi connectivity index (χ3n) is 12.9. The number of amides is 4. The zero-order valence-electron chi connectivity index (χ0n) is 32.5. The normalized spacial score (nSPS) is 25.3. The zero-order valence-corrected chi connectivity index (χ0v) is 34.1. The quantitative estimate of drug-likeness (QED) is 0.106. The lowest BCUT2D eigenvalue weighted by Gasteiger charge is -2.49. The van der Waals surface area contributed by atoms with Crippen LogP contribution in [0.1, 0.15) is 47.9 Å². The monoisotopic (exact) mass is 882 g/mol. The second kappa shape index (κ2) is 13.7. The highest BCUT2D eigenvalue weighted by Gasteiger charge is 2.68. The number of imide groups is 2. The van der Waals surface area contributed by atoms with Gasteiger partial charge in [-0.25, -0.2) is 9.80 Å². The van der Waals surface area contributed by atoms with E-state index in [4.69, 9.17) is 21.4 Å². The number of ether oxygens (including phenoxy) is 1. The molecule has 1 N–H and O–H groups in total. The highest BCUT2D eigenvalue weighted by molar-refractivity contribution is 7.22. The SMILES string of the molecule is COc1ccc(O)c([C@H]2C3=CC[C@@H]4C(=O)N(c5cc(C(F)(F)F)cc(C(F)(F)F)c5)C(=O)[C@@H]4[C@@H]3C[C@H]3C(=O)N(c4cc(-c5sc6ccc(Cl)cc6c5C)nn4C)C(=O)[C@@]23C)c1. The number of carbonyl (C=O) groups is 4. The number of phenolic OH excluding ortho intramolecular Hbond substituents is 1. The number of rotatable bonds is 5. The third kappa shape index (κ3) is 6.01. The van der Waals surface area contributed by atoms with E-state index >= 15 is 4.79 Å². The van der Waals surface area contributed by atoms with Gasteiger partial charge in [0.05, 0.1) is 52.0 Å². The molecule has 61 heavy (non-hydrogen) atoms. The van der Waals surface area contributed by atoms with E-state index in [9.17, 15) is 45.8 Å². The van der Waals surface area contributed by atoms with Crippen LogP contribution in [0.25, 0.3) is 20.7 Å². The number of carbonyl (C=O) groups excluding carboxylic acids is 4. The van der Waals surface area contributed by atoms with E-state index < -0.39 is 87.8 Å². The lowest BCUT2D eigenvalue weighted by atomic mass is 9.51. The Labute approximate surface area is 351 Å². The predicted octanol–water partition coefficient (Wildman–Crippen LogP) is 9.45. The van der Waals surface area contributed by atoms with Crippen molar-refractivity contribution in [2.75, 3.05) is 16.9 Å². The van der Waals surface area contributed by atoms with Crippen molar-refractivity contribution in [2.45, 2.75) is 45.0 Å². The minimum Gasteiger partial charge on any atom is -0.508 e. The maximum absolute atomic E-state index is 15.1. The molecule has 1 saturated carbocycles. The summed E-state index contributed by atoms with van der Waals surface area (Å²) < 4.78 is 91.4. The van der Waals surface area contributed by atoms with Gasteiger partial charge in [0.15, 0.2) is 0 Å². The Kier molecular flexibility index (Phi) is 9.12. The zero-order chi connectivity index (χ0) is 43.8. The van der Waals surface area contributed by atoms with E-state index in [0.717, 1.165) is 25.4 Å². The second-order valence-electron chi connectivity index (χ2n) is 16.1. The van der Waals surface area contributed by atoms with Crippen LogP contribution in [0.15, 0.2) is 72.3 Å².